The first-order chi connectivity index (χ1) is 11.0. The lowest BCUT2D eigenvalue weighted by Gasteiger charge is -2.06. The first-order valence-corrected chi connectivity index (χ1v) is 6.47. The summed E-state index contributed by atoms with van der Waals surface area (Å²) in [5.41, 5.74) is 2.32. The monoisotopic (exact) mass is 315 g/mol. The molecule has 0 fully saturated rings. The van der Waals surface area contributed by atoms with Crippen LogP contribution in [0.3, 0.4) is 0 Å². The number of hydrogen-bond acceptors (Lipinski definition) is 6. The molecule has 2 N–H and O–H groups in total. The Bertz CT molecular complexity index is 759. The first-order valence-electron chi connectivity index (χ1n) is 6.47. The third-order valence-corrected chi connectivity index (χ3v) is 2.93. The summed E-state index contributed by atoms with van der Waals surface area (Å²) in [5, 5.41) is 24.4. The van der Waals surface area contributed by atoms with E-state index in [2.05, 4.69) is 10.5 Å². The molecule has 0 saturated heterocycles. The number of methoxy groups -OCH3 is 1. The van der Waals surface area contributed by atoms with E-state index in [-0.39, 0.29) is 17.1 Å². The number of nitrogens with zero attached hydrogens (tertiary/aromatic N) is 2. The number of ether oxygens (including phenoxy) is 1. The van der Waals surface area contributed by atoms with Crippen molar-refractivity contribution >= 4 is 17.8 Å². The molecule has 8 nitrogen and oxygen atoms in total. The fourth-order valence-electron chi connectivity index (χ4n) is 1.88. The lowest BCUT2D eigenvalue weighted by atomic mass is 10.1. The Hall–Kier alpha value is -3.42. The lowest BCUT2D eigenvalue weighted by Crippen LogP contribution is -2.17. The zero-order valence-corrected chi connectivity index (χ0v) is 12.1. The number of amides is 1. The van der Waals surface area contributed by atoms with Gasteiger partial charge in [-0.3, -0.25) is 14.9 Å². The molecular weight excluding hydrogens is 302 g/mol. The summed E-state index contributed by atoms with van der Waals surface area (Å²) in [6.07, 6.45) is 1.11. The van der Waals surface area contributed by atoms with Gasteiger partial charge in [-0.25, -0.2) is 5.43 Å². The van der Waals surface area contributed by atoms with Crippen LogP contribution in [0.25, 0.3) is 0 Å². The van der Waals surface area contributed by atoms with Gasteiger partial charge in [0.05, 0.1) is 23.8 Å². The Balaban J connectivity index is 2.23. The van der Waals surface area contributed by atoms with Crippen molar-refractivity contribution in [1.29, 1.82) is 0 Å². The molecule has 0 radical (unpaired) electrons. The number of hydrogen-bond donors (Lipinski definition) is 2. The molecule has 0 spiro atoms. The predicted octanol–water partition coefficient (Wildman–Crippen LogP) is 2.07. The van der Waals surface area contributed by atoms with Gasteiger partial charge in [0.1, 0.15) is 0 Å². The average molecular weight is 315 g/mol. The van der Waals surface area contributed by atoms with E-state index in [4.69, 9.17) is 4.74 Å². The minimum absolute atomic E-state index is 0.0815. The van der Waals surface area contributed by atoms with Crippen LogP contribution in [0.2, 0.25) is 0 Å². The van der Waals surface area contributed by atoms with E-state index in [1.807, 2.05) is 0 Å². The van der Waals surface area contributed by atoms with Gasteiger partial charge in [0.25, 0.3) is 5.91 Å². The van der Waals surface area contributed by atoms with Crippen LogP contribution in [0.5, 0.6) is 11.5 Å². The van der Waals surface area contributed by atoms with Gasteiger partial charge in [-0.15, -0.1) is 0 Å². The second kappa shape index (κ2) is 7.03. The zero-order valence-electron chi connectivity index (χ0n) is 12.1. The van der Waals surface area contributed by atoms with Gasteiger partial charge >= 0.3 is 5.69 Å². The van der Waals surface area contributed by atoms with Crippen molar-refractivity contribution in [2.24, 2.45) is 5.10 Å². The number of nitrogens with one attached hydrogen (secondary N) is 1. The van der Waals surface area contributed by atoms with Gasteiger partial charge < -0.3 is 9.84 Å². The maximum absolute atomic E-state index is 11.8. The van der Waals surface area contributed by atoms with Crippen molar-refractivity contribution < 1.29 is 19.6 Å². The molecule has 0 aliphatic heterocycles. The molecule has 2 rings (SSSR count). The summed E-state index contributed by atoms with van der Waals surface area (Å²) in [4.78, 5) is 22.2. The SMILES string of the molecule is COc1c(O)ccc(/C=N\NC(=O)c2ccccc2)c1[N+](=O)[O-]. The fourth-order valence-corrected chi connectivity index (χ4v) is 1.88. The zero-order chi connectivity index (χ0) is 16.8. The predicted molar refractivity (Wildman–Crippen MR) is 82.8 cm³/mol. The Labute approximate surface area is 131 Å². The number of hydrazone groups is 1. The molecule has 0 aromatic heterocycles. The Morgan fingerprint density at radius 2 is 2.00 bits per heavy atom. The van der Waals surface area contributed by atoms with Crippen molar-refractivity contribution in [3.63, 3.8) is 0 Å². The molecule has 118 valence electrons. The minimum atomic E-state index is -0.696. The molecule has 2 aromatic carbocycles. The molecule has 0 unspecified atom stereocenters. The lowest BCUT2D eigenvalue weighted by molar-refractivity contribution is -0.386. The van der Waals surface area contributed by atoms with Crippen molar-refractivity contribution in [2.45, 2.75) is 0 Å². The number of phenols is 1. The van der Waals surface area contributed by atoms with E-state index in [1.165, 1.54) is 19.2 Å². The molecule has 1 amide bonds. The van der Waals surface area contributed by atoms with Crippen molar-refractivity contribution in [3.8, 4) is 11.5 Å². The van der Waals surface area contributed by atoms with Crippen LogP contribution in [0.15, 0.2) is 47.6 Å². The van der Waals surface area contributed by atoms with Crippen molar-refractivity contribution in [2.75, 3.05) is 7.11 Å². The second-order valence-electron chi connectivity index (χ2n) is 4.38. The van der Waals surface area contributed by atoms with E-state index in [9.17, 15) is 20.0 Å². The van der Waals surface area contributed by atoms with Gasteiger partial charge in [0.15, 0.2) is 5.75 Å². The molecule has 0 aliphatic carbocycles. The quantitative estimate of drug-likeness (QED) is 0.498. The number of phenolic OH excluding ortho intramolecular Hbond substituents is 1. The van der Waals surface area contributed by atoms with Crippen molar-refractivity contribution in [1.82, 2.24) is 5.43 Å². The molecule has 0 bridgehead atoms. The number of rotatable bonds is 5. The highest BCUT2D eigenvalue weighted by atomic mass is 16.6. The van der Waals surface area contributed by atoms with Crippen LogP contribution in [0.4, 0.5) is 5.69 Å². The van der Waals surface area contributed by atoms with E-state index in [1.54, 1.807) is 30.3 Å². The second-order valence-corrected chi connectivity index (χ2v) is 4.38. The van der Waals surface area contributed by atoms with E-state index >= 15 is 0 Å². The maximum Gasteiger partial charge on any atom is 0.323 e. The third kappa shape index (κ3) is 3.62. The maximum atomic E-state index is 11.8. The highest BCUT2D eigenvalue weighted by Crippen LogP contribution is 2.37. The Kier molecular flexibility index (Phi) is 4.88. The molecular formula is C15H13N3O5. The van der Waals surface area contributed by atoms with Crippen LogP contribution in [0, 0.1) is 10.1 Å². The standard InChI is InChI=1S/C15H13N3O5/c1-23-14-12(19)8-7-11(13(14)18(21)22)9-16-17-15(20)10-5-3-2-4-6-10/h2-9,19H,1H3,(H,17,20)/b16-9-. The third-order valence-electron chi connectivity index (χ3n) is 2.93. The minimum Gasteiger partial charge on any atom is -0.504 e. The largest absolute Gasteiger partial charge is 0.504 e. The van der Waals surface area contributed by atoms with E-state index < -0.39 is 16.5 Å². The van der Waals surface area contributed by atoms with Crippen LogP contribution in [-0.2, 0) is 0 Å². The molecule has 2 aromatic rings. The summed E-state index contributed by atoms with van der Waals surface area (Å²) < 4.78 is 4.83. The fraction of sp³-hybridized carbons (Fsp3) is 0.0667. The molecule has 0 aliphatic rings. The number of benzene rings is 2. The van der Waals surface area contributed by atoms with Gasteiger partial charge in [-0.2, -0.15) is 5.10 Å². The average Bonchev–Trinajstić information content (AvgIpc) is 2.56. The summed E-state index contributed by atoms with van der Waals surface area (Å²) in [7, 11) is 1.21. The molecule has 0 atom stereocenters. The summed E-state index contributed by atoms with van der Waals surface area (Å²) in [5.74, 6) is -1.08. The van der Waals surface area contributed by atoms with Crippen LogP contribution in [0.1, 0.15) is 15.9 Å². The number of nitro groups is 1. The van der Waals surface area contributed by atoms with Crippen LogP contribution >= 0.6 is 0 Å². The molecule has 0 saturated carbocycles. The number of aromatic hydroxyl groups is 1. The normalized spacial score (nSPS) is 10.5. The number of carbonyl (C=O) groups is 1. The first kappa shape index (κ1) is 16.0. The highest BCUT2D eigenvalue weighted by molar-refractivity contribution is 5.95. The van der Waals surface area contributed by atoms with Crippen molar-refractivity contribution in [3.05, 3.63) is 63.7 Å². The van der Waals surface area contributed by atoms with Crippen LogP contribution < -0.4 is 10.2 Å². The Morgan fingerprint density at radius 3 is 2.61 bits per heavy atom. The summed E-state index contributed by atoms with van der Waals surface area (Å²) in [6, 6.07) is 10.9. The Morgan fingerprint density at radius 1 is 1.30 bits per heavy atom. The van der Waals surface area contributed by atoms with Crippen LogP contribution in [-0.4, -0.2) is 29.3 Å². The molecule has 23 heavy (non-hydrogen) atoms. The number of nitro benzene ring substituents is 1. The smallest absolute Gasteiger partial charge is 0.323 e. The molecule has 8 heteroatoms. The summed E-state index contributed by atoms with van der Waals surface area (Å²) >= 11 is 0. The van der Waals surface area contributed by atoms with E-state index in [0.717, 1.165) is 6.21 Å². The highest BCUT2D eigenvalue weighted by Gasteiger charge is 2.23. The van der Waals surface area contributed by atoms with Gasteiger partial charge in [-0.05, 0) is 24.3 Å². The number of carbonyl (C=O) groups excluding carboxylic acids is 1. The topological polar surface area (TPSA) is 114 Å². The van der Waals surface area contributed by atoms with E-state index in [0.29, 0.717) is 5.56 Å². The van der Waals surface area contributed by atoms with Gasteiger partial charge in [-0.1, -0.05) is 18.2 Å². The van der Waals surface area contributed by atoms with Gasteiger partial charge in [0.2, 0.25) is 5.75 Å². The van der Waals surface area contributed by atoms with Gasteiger partial charge in [0, 0.05) is 5.56 Å². The molecule has 0 heterocycles. The summed E-state index contributed by atoms with van der Waals surface area (Å²) in [6.45, 7) is 0.